The van der Waals surface area contributed by atoms with Crippen LogP contribution in [0.5, 0.6) is 5.75 Å². The number of nitrogens with zero attached hydrogens (tertiary/aromatic N) is 3. The average molecular weight is 323 g/mol. The van der Waals surface area contributed by atoms with E-state index in [1.165, 1.54) is 5.69 Å². The molecular weight excluding hydrogens is 302 g/mol. The van der Waals surface area contributed by atoms with Crippen LogP contribution in [-0.2, 0) is 0 Å². The van der Waals surface area contributed by atoms with Gasteiger partial charge in [-0.3, -0.25) is 4.90 Å². The molecule has 2 saturated heterocycles. The summed E-state index contributed by atoms with van der Waals surface area (Å²) < 4.78 is 6.52. The molecule has 2 aliphatic rings. The summed E-state index contributed by atoms with van der Waals surface area (Å²) in [5, 5.41) is 0. The molecule has 1 aromatic carbocycles. The molecule has 0 radical (unpaired) electrons. The van der Waals surface area contributed by atoms with Gasteiger partial charge in [0.15, 0.2) is 0 Å². The van der Waals surface area contributed by atoms with Crippen molar-refractivity contribution >= 4 is 34.0 Å². The Kier molecular flexibility index (Phi) is 4.87. The third-order valence-corrected chi connectivity index (χ3v) is 5.52. The number of ether oxygens (including phenoxy) is 1. The maximum Gasteiger partial charge on any atom is 0.142 e. The van der Waals surface area contributed by atoms with Gasteiger partial charge in [-0.25, -0.2) is 0 Å². The van der Waals surface area contributed by atoms with Crippen molar-refractivity contribution in [1.29, 1.82) is 0 Å². The Hall–Kier alpha value is -0.980. The van der Waals surface area contributed by atoms with E-state index in [1.54, 1.807) is 18.9 Å². The summed E-state index contributed by atoms with van der Waals surface area (Å²) in [5.74, 6) is 2.10. The minimum atomic E-state index is 0.961. The first-order chi connectivity index (χ1) is 10.3. The Labute approximate surface area is 136 Å². The molecule has 21 heavy (non-hydrogen) atoms. The maximum absolute atomic E-state index is 5.46. The first-order valence-electron chi connectivity index (χ1n) is 7.30. The molecule has 2 aliphatic heterocycles. The Bertz CT molecular complexity index is 503. The number of para-hydroxylation sites is 2. The fraction of sp³-hybridized carbons (Fsp3) is 0.533. The lowest BCUT2D eigenvalue weighted by molar-refractivity contribution is 0.187. The summed E-state index contributed by atoms with van der Waals surface area (Å²) in [6.45, 7) is 6.29. The van der Waals surface area contributed by atoms with Gasteiger partial charge in [-0.15, -0.1) is 0 Å². The lowest BCUT2D eigenvalue weighted by Gasteiger charge is -2.38. The molecule has 0 aromatic heterocycles. The summed E-state index contributed by atoms with van der Waals surface area (Å²) in [7, 11) is 1.74. The first-order valence-corrected chi connectivity index (χ1v) is 8.69. The number of benzene rings is 1. The number of anilines is 1. The van der Waals surface area contributed by atoms with E-state index < -0.39 is 0 Å². The number of piperazine rings is 1. The zero-order valence-corrected chi connectivity index (χ0v) is 14.0. The highest BCUT2D eigenvalue weighted by atomic mass is 32.2. The van der Waals surface area contributed by atoms with Crippen LogP contribution in [-0.4, -0.2) is 66.4 Å². The van der Waals surface area contributed by atoms with E-state index >= 15 is 0 Å². The van der Waals surface area contributed by atoms with E-state index in [1.807, 2.05) is 12.1 Å². The second kappa shape index (κ2) is 6.85. The average Bonchev–Trinajstić information content (AvgIpc) is 2.93. The molecule has 0 atom stereocenters. The van der Waals surface area contributed by atoms with Crippen LogP contribution in [0.3, 0.4) is 0 Å². The molecule has 0 saturated carbocycles. The largest absolute Gasteiger partial charge is 0.495 e. The van der Waals surface area contributed by atoms with Crippen molar-refractivity contribution in [2.45, 2.75) is 0 Å². The molecule has 114 valence electrons. The molecule has 2 fully saturated rings. The Morgan fingerprint density at radius 1 is 1.14 bits per heavy atom. The van der Waals surface area contributed by atoms with Crippen LogP contribution in [0, 0.1) is 0 Å². The molecule has 0 bridgehead atoms. The highest BCUT2D eigenvalue weighted by molar-refractivity contribution is 8.23. The van der Waals surface area contributed by atoms with E-state index in [0.29, 0.717) is 0 Å². The molecule has 1 aromatic rings. The van der Waals surface area contributed by atoms with Crippen LogP contribution in [0.25, 0.3) is 0 Å². The van der Waals surface area contributed by atoms with Crippen LogP contribution in [0.15, 0.2) is 24.3 Å². The summed E-state index contributed by atoms with van der Waals surface area (Å²) >= 11 is 7.18. The topological polar surface area (TPSA) is 19.0 Å². The van der Waals surface area contributed by atoms with Gasteiger partial charge in [-0.1, -0.05) is 36.1 Å². The van der Waals surface area contributed by atoms with Gasteiger partial charge in [0.05, 0.1) is 19.5 Å². The molecule has 0 amide bonds. The van der Waals surface area contributed by atoms with Gasteiger partial charge in [-0.2, -0.15) is 0 Å². The van der Waals surface area contributed by atoms with Crippen molar-refractivity contribution in [2.75, 3.05) is 57.2 Å². The smallest absolute Gasteiger partial charge is 0.142 e. The van der Waals surface area contributed by atoms with Gasteiger partial charge in [0, 0.05) is 38.5 Å². The third kappa shape index (κ3) is 3.44. The molecule has 2 heterocycles. The maximum atomic E-state index is 5.46. The number of methoxy groups -OCH3 is 1. The minimum Gasteiger partial charge on any atom is -0.495 e. The van der Waals surface area contributed by atoms with E-state index in [9.17, 15) is 0 Å². The Morgan fingerprint density at radius 3 is 2.57 bits per heavy atom. The molecule has 0 N–H and O–H groups in total. The standard InChI is InChI=1S/C15H21N3OS2/c1-19-14-5-3-2-4-13(14)17-8-6-16(7-9-17)12-18-10-11-21-15(18)20/h2-5H,6-12H2,1H3. The molecule has 6 heteroatoms. The van der Waals surface area contributed by atoms with Crippen LogP contribution in [0.2, 0.25) is 0 Å². The fourth-order valence-corrected chi connectivity index (χ4v) is 4.03. The molecule has 0 aliphatic carbocycles. The van der Waals surface area contributed by atoms with Crippen molar-refractivity contribution in [1.82, 2.24) is 9.80 Å². The molecular formula is C15H21N3OS2. The molecule has 0 unspecified atom stereocenters. The number of rotatable bonds is 4. The first kappa shape index (κ1) is 14.9. The van der Waals surface area contributed by atoms with Crippen LogP contribution < -0.4 is 9.64 Å². The second-order valence-electron chi connectivity index (χ2n) is 5.30. The van der Waals surface area contributed by atoms with E-state index in [4.69, 9.17) is 17.0 Å². The van der Waals surface area contributed by atoms with Gasteiger partial charge in [0.1, 0.15) is 10.1 Å². The Balaban J connectivity index is 1.56. The van der Waals surface area contributed by atoms with Gasteiger partial charge >= 0.3 is 0 Å². The lowest BCUT2D eigenvalue weighted by Crippen LogP contribution is -2.50. The summed E-state index contributed by atoms with van der Waals surface area (Å²) in [5.41, 5.74) is 1.20. The molecule has 3 rings (SSSR count). The van der Waals surface area contributed by atoms with Gasteiger partial charge in [0.2, 0.25) is 0 Å². The highest BCUT2D eigenvalue weighted by Gasteiger charge is 2.24. The van der Waals surface area contributed by atoms with Gasteiger partial charge in [0.25, 0.3) is 0 Å². The van der Waals surface area contributed by atoms with Crippen LogP contribution >= 0.6 is 24.0 Å². The van der Waals surface area contributed by atoms with Crippen LogP contribution in [0.1, 0.15) is 0 Å². The fourth-order valence-electron chi connectivity index (χ4n) is 2.82. The highest BCUT2D eigenvalue weighted by Crippen LogP contribution is 2.28. The quantitative estimate of drug-likeness (QED) is 0.785. The Morgan fingerprint density at radius 2 is 1.90 bits per heavy atom. The van der Waals surface area contributed by atoms with E-state index in [0.717, 1.165) is 55.2 Å². The van der Waals surface area contributed by atoms with Gasteiger partial charge < -0.3 is 14.5 Å². The predicted molar refractivity (Wildman–Crippen MR) is 93.4 cm³/mol. The summed E-state index contributed by atoms with van der Waals surface area (Å²) in [6, 6.07) is 8.26. The van der Waals surface area contributed by atoms with Crippen molar-refractivity contribution in [3.8, 4) is 5.75 Å². The van der Waals surface area contributed by atoms with Crippen molar-refractivity contribution in [2.24, 2.45) is 0 Å². The number of hydrogen-bond acceptors (Lipinski definition) is 5. The molecule has 4 nitrogen and oxygen atoms in total. The second-order valence-corrected chi connectivity index (χ2v) is 7.02. The lowest BCUT2D eigenvalue weighted by atomic mass is 10.2. The van der Waals surface area contributed by atoms with E-state index in [-0.39, 0.29) is 0 Å². The van der Waals surface area contributed by atoms with Crippen molar-refractivity contribution in [3.05, 3.63) is 24.3 Å². The summed E-state index contributed by atoms with van der Waals surface area (Å²) in [6.07, 6.45) is 0. The normalized spacial score (nSPS) is 20.1. The minimum absolute atomic E-state index is 0.961. The third-order valence-electron chi connectivity index (χ3n) is 4.01. The van der Waals surface area contributed by atoms with Crippen molar-refractivity contribution < 1.29 is 4.74 Å². The summed E-state index contributed by atoms with van der Waals surface area (Å²) in [4.78, 5) is 7.22. The monoisotopic (exact) mass is 323 g/mol. The number of thioether (sulfide) groups is 1. The number of thiocarbonyl (C=S) groups is 1. The zero-order chi connectivity index (χ0) is 14.7. The van der Waals surface area contributed by atoms with E-state index in [2.05, 4.69) is 26.8 Å². The zero-order valence-electron chi connectivity index (χ0n) is 12.3. The number of hydrogen-bond donors (Lipinski definition) is 0. The van der Waals surface area contributed by atoms with Crippen LogP contribution in [0.4, 0.5) is 5.69 Å². The van der Waals surface area contributed by atoms with Gasteiger partial charge in [-0.05, 0) is 12.1 Å². The predicted octanol–water partition coefficient (Wildman–Crippen LogP) is 2.11. The van der Waals surface area contributed by atoms with Crippen molar-refractivity contribution in [3.63, 3.8) is 0 Å². The molecule has 0 spiro atoms. The SMILES string of the molecule is COc1ccccc1N1CCN(CN2CCSC2=S)CC1.